The molecule has 0 radical (unpaired) electrons. The van der Waals surface area contributed by atoms with Gasteiger partial charge >= 0.3 is 0 Å². The Morgan fingerprint density at radius 3 is 2.48 bits per heavy atom. The molecule has 0 atom stereocenters. The van der Waals surface area contributed by atoms with Crippen LogP contribution in [0.4, 0.5) is 11.5 Å². The first-order valence-electron chi connectivity index (χ1n) is 9.11. The van der Waals surface area contributed by atoms with Crippen molar-refractivity contribution in [3.63, 3.8) is 0 Å². The Morgan fingerprint density at radius 2 is 1.81 bits per heavy atom. The van der Waals surface area contributed by atoms with Gasteiger partial charge in [0.05, 0.1) is 18.4 Å². The number of benzene rings is 1. The molecule has 0 unspecified atom stereocenters. The summed E-state index contributed by atoms with van der Waals surface area (Å²) < 4.78 is 5.28. The van der Waals surface area contributed by atoms with Gasteiger partial charge in [0.25, 0.3) is 5.91 Å². The van der Waals surface area contributed by atoms with Gasteiger partial charge in [-0.25, -0.2) is 4.98 Å². The standard InChI is InChI=1S/C21H22N4O2/c26-21(25-12-10-24(11-13-25)18-5-2-1-3-6-18)17-8-9-20(22-15-17)23-16-19-7-4-14-27-19/h1-9,14-15H,10-13,16H2,(H,22,23). The van der Waals surface area contributed by atoms with Gasteiger partial charge in [-0.1, -0.05) is 18.2 Å². The number of hydrogen-bond donors (Lipinski definition) is 1. The van der Waals surface area contributed by atoms with Crippen LogP contribution in [0.5, 0.6) is 0 Å². The van der Waals surface area contributed by atoms with Gasteiger partial charge in [0.2, 0.25) is 0 Å². The van der Waals surface area contributed by atoms with E-state index in [4.69, 9.17) is 4.42 Å². The molecule has 6 heteroatoms. The molecule has 3 aromatic rings. The van der Waals surface area contributed by atoms with Crippen LogP contribution in [-0.4, -0.2) is 42.0 Å². The molecule has 1 aliphatic rings. The van der Waals surface area contributed by atoms with Gasteiger partial charge in [-0.05, 0) is 36.4 Å². The second kappa shape index (κ2) is 7.95. The van der Waals surface area contributed by atoms with E-state index in [9.17, 15) is 4.79 Å². The lowest BCUT2D eigenvalue weighted by Gasteiger charge is -2.36. The number of carbonyl (C=O) groups excluding carboxylic acids is 1. The summed E-state index contributed by atoms with van der Waals surface area (Å²) in [5.41, 5.74) is 1.82. The first-order valence-corrected chi connectivity index (χ1v) is 9.11. The topological polar surface area (TPSA) is 61.6 Å². The van der Waals surface area contributed by atoms with Crippen LogP contribution >= 0.6 is 0 Å². The van der Waals surface area contributed by atoms with Gasteiger partial charge < -0.3 is 19.5 Å². The van der Waals surface area contributed by atoms with Gasteiger partial charge in [-0.15, -0.1) is 0 Å². The predicted octanol–water partition coefficient (Wildman–Crippen LogP) is 3.25. The monoisotopic (exact) mass is 362 g/mol. The molecular weight excluding hydrogens is 340 g/mol. The van der Waals surface area contributed by atoms with Gasteiger partial charge in [-0.2, -0.15) is 0 Å². The zero-order chi connectivity index (χ0) is 18.5. The highest BCUT2D eigenvalue weighted by Gasteiger charge is 2.22. The molecular formula is C21H22N4O2. The van der Waals surface area contributed by atoms with Crippen molar-refractivity contribution in [3.8, 4) is 0 Å². The number of para-hydroxylation sites is 1. The summed E-state index contributed by atoms with van der Waals surface area (Å²) in [6.45, 7) is 3.67. The van der Waals surface area contributed by atoms with E-state index in [1.165, 1.54) is 5.69 Å². The third-order valence-corrected chi connectivity index (χ3v) is 4.72. The van der Waals surface area contributed by atoms with Crippen molar-refractivity contribution in [2.75, 3.05) is 36.4 Å². The zero-order valence-electron chi connectivity index (χ0n) is 15.0. The molecule has 4 rings (SSSR count). The fourth-order valence-corrected chi connectivity index (χ4v) is 3.20. The summed E-state index contributed by atoms with van der Waals surface area (Å²) in [6.07, 6.45) is 3.28. The summed E-state index contributed by atoms with van der Waals surface area (Å²) >= 11 is 0. The summed E-state index contributed by atoms with van der Waals surface area (Å²) in [5.74, 6) is 1.60. The van der Waals surface area contributed by atoms with Crippen LogP contribution in [-0.2, 0) is 6.54 Å². The lowest BCUT2D eigenvalue weighted by atomic mass is 10.2. The number of carbonyl (C=O) groups is 1. The van der Waals surface area contributed by atoms with Crippen LogP contribution in [0, 0.1) is 0 Å². The zero-order valence-corrected chi connectivity index (χ0v) is 15.0. The smallest absolute Gasteiger partial charge is 0.255 e. The number of rotatable bonds is 5. The van der Waals surface area contributed by atoms with E-state index < -0.39 is 0 Å². The molecule has 0 bridgehead atoms. The molecule has 1 fully saturated rings. The number of amides is 1. The first-order chi connectivity index (χ1) is 13.3. The van der Waals surface area contributed by atoms with E-state index >= 15 is 0 Å². The Kier molecular flexibility index (Phi) is 5.05. The van der Waals surface area contributed by atoms with Crippen LogP contribution in [0.3, 0.4) is 0 Å². The average Bonchev–Trinajstić information content (AvgIpc) is 3.27. The molecule has 1 amide bonds. The molecule has 27 heavy (non-hydrogen) atoms. The van der Waals surface area contributed by atoms with E-state index in [2.05, 4.69) is 27.3 Å². The van der Waals surface area contributed by atoms with Crippen molar-refractivity contribution in [2.45, 2.75) is 6.54 Å². The van der Waals surface area contributed by atoms with Gasteiger partial charge in [0, 0.05) is 38.1 Å². The minimum atomic E-state index is 0.0350. The number of piperazine rings is 1. The quantitative estimate of drug-likeness (QED) is 0.755. The number of nitrogens with zero attached hydrogens (tertiary/aromatic N) is 3. The van der Waals surface area contributed by atoms with Crippen LogP contribution in [0.1, 0.15) is 16.1 Å². The molecule has 2 aromatic heterocycles. The molecule has 1 aromatic carbocycles. The van der Waals surface area contributed by atoms with Gasteiger partial charge in [-0.3, -0.25) is 4.79 Å². The van der Waals surface area contributed by atoms with Gasteiger partial charge in [0.1, 0.15) is 11.6 Å². The van der Waals surface area contributed by atoms with Crippen molar-refractivity contribution < 1.29 is 9.21 Å². The van der Waals surface area contributed by atoms with Crippen LogP contribution in [0.25, 0.3) is 0 Å². The largest absolute Gasteiger partial charge is 0.467 e. The number of nitrogens with one attached hydrogen (secondary N) is 1. The number of furan rings is 1. The molecule has 1 saturated heterocycles. The predicted molar refractivity (Wildman–Crippen MR) is 105 cm³/mol. The Hall–Kier alpha value is -3.28. The second-order valence-electron chi connectivity index (χ2n) is 6.48. The fourth-order valence-electron chi connectivity index (χ4n) is 3.20. The van der Waals surface area contributed by atoms with Crippen molar-refractivity contribution in [2.24, 2.45) is 0 Å². The van der Waals surface area contributed by atoms with E-state index in [1.54, 1.807) is 12.5 Å². The van der Waals surface area contributed by atoms with Crippen LogP contribution < -0.4 is 10.2 Å². The number of anilines is 2. The molecule has 0 aliphatic carbocycles. The van der Waals surface area contributed by atoms with Gasteiger partial charge in [0.15, 0.2) is 0 Å². The summed E-state index contributed by atoms with van der Waals surface area (Å²) in [7, 11) is 0. The lowest BCUT2D eigenvalue weighted by molar-refractivity contribution is 0.0746. The van der Waals surface area contributed by atoms with Crippen molar-refractivity contribution in [1.82, 2.24) is 9.88 Å². The Labute approximate surface area is 158 Å². The number of pyridine rings is 1. The minimum Gasteiger partial charge on any atom is -0.467 e. The Morgan fingerprint density at radius 1 is 1.00 bits per heavy atom. The van der Waals surface area contributed by atoms with Crippen molar-refractivity contribution in [3.05, 3.63) is 78.4 Å². The lowest BCUT2D eigenvalue weighted by Crippen LogP contribution is -2.48. The summed E-state index contributed by atoms with van der Waals surface area (Å²) in [5, 5.41) is 3.18. The highest BCUT2D eigenvalue weighted by Crippen LogP contribution is 2.17. The third-order valence-electron chi connectivity index (χ3n) is 4.72. The highest BCUT2D eigenvalue weighted by atomic mass is 16.3. The van der Waals surface area contributed by atoms with E-state index in [0.29, 0.717) is 25.2 Å². The number of aromatic nitrogens is 1. The van der Waals surface area contributed by atoms with E-state index in [-0.39, 0.29) is 5.91 Å². The van der Waals surface area contributed by atoms with E-state index in [1.807, 2.05) is 47.4 Å². The fraction of sp³-hybridized carbons (Fsp3) is 0.238. The summed E-state index contributed by atoms with van der Waals surface area (Å²) in [4.78, 5) is 21.3. The van der Waals surface area contributed by atoms with Crippen LogP contribution in [0.2, 0.25) is 0 Å². The molecule has 6 nitrogen and oxygen atoms in total. The molecule has 3 heterocycles. The third kappa shape index (κ3) is 4.11. The summed E-state index contributed by atoms with van der Waals surface area (Å²) in [6, 6.07) is 17.7. The highest BCUT2D eigenvalue weighted by molar-refractivity contribution is 5.94. The molecule has 1 aliphatic heterocycles. The van der Waals surface area contributed by atoms with E-state index in [0.717, 1.165) is 24.7 Å². The SMILES string of the molecule is O=C(c1ccc(NCc2ccco2)nc1)N1CCN(c2ccccc2)CC1. The molecule has 1 N–H and O–H groups in total. The minimum absolute atomic E-state index is 0.0350. The molecule has 0 saturated carbocycles. The van der Waals surface area contributed by atoms with Crippen LogP contribution in [0.15, 0.2) is 71.5 Å². The maximum Gasteiger partial charge on any atom is 0.255 e. The second-order valence-corrected chi connectivity index (χ2v) is 6.48. The Bertz CT molecular complexity index is 855. The van der Waals surface area contributed by atoms with Crippen molar-refractivity contribution in [1.29, 1.82) is 0 Å². The van der Waals surface area contributed by atoms with Crippen molar-refractivity contribution >= 4 is 17.4 Å². The normalized spacial score (nSPS) is 14.2. The maximum absolute atomic E-state index is 12.7. The number of hydrogen-bond acceptors (Lipinski definition) is 5. The molecule has 0 spiro atoms. The first kappa shape index (κ1) is 17.1. The maximum atomic E-state index is 12.7. The average molecular weight is 362 g/mol. The molecule has 138 valence electrons. The Balaban J connectivity index is 1.32.